The van der Waals surface area contributed by atoms with E-state index >= 15 is 0 Å². The SMILES string of the molecule is CCC(NC(c1ccccc1)c1ccco1)C(=O)O. The zero-order valence-electron chi connectivity index (χ0n) is 10.7. The largest absolute Gasteiger partial charge is 0.480 e. The van der Waals surface area contributed by atoms with Gasteiger partial charge in [-0.15, -0.1) is 0 Å². The van der Waals surface area contributed by atoms with Crippen molar-refractivity contribution >= 4 is 5.97 Å². The summed E-state index contributed by atoms with van der Waals surface area (Å²) in [4.78, 5) is 11.2. The van der Waals surface area contributed by atoms with Gasteiger partial charge in [0.1, 0.15) is 11.8 Å². The van der Waals surface area contributed by atoms with Crippen LogP contribution in [0.15, 0.2) is 53.1 Å². The van der Waals surface area contributed by atoms with Gasteiger partial charge in [0.15, 0.2) is 0 Å². The Labute approximate surface area is 112 Å². The number of carboxylic acid groups (broad SMARTS) is 1. The summed E-state index contributed by atoms with van der Waals surface area (Å²) in [7, 11) is 0. The zero-order valence-corrected chi connectivity index (χ0v) is 10.7. The molecule has 4 nitrogen and oxygen atoms in total. The van der Waals surface area contributed by atoms with Crippen molar-refractivity contribution in [2.24, 2.45) is 0 Å². The van der Waals surface area contributed by atoms with E-state index in [9.17, 15) is 9.90 Å². The molecule has 1 aromatic heterocycles. The normalized spacial score (nSPS) is 13.9. The predicted octanol–water partition coefficient (Wildman–Crippen LogP) is 2.82. The third-order valence-electron chi connectivity index (χ3n) is 3.03. The maximum atomic E-state index is 11.2. The molecule has 2 atom stereocenters. The van der Waals surface area contributed by atoms with Gasteiger partial charge in [-0.25, -0.2) is 0 Å². The van der Waals surface area contributed by atoms with Gasteiger partial charge in [-0.3, -0.25) is 10.1 Å². The Balaban J connectivity index is 2.28. The fourth-order valence-corrected chi connectivity index (χ4v) is 2.01. The maximum Gasteiger partial charge on any atom is 0.320 e. The van der Waals surface area contributed by atoms with Gasteiger partial charge in [0.25, 0.3) is 0 Å². The van der Waals surface area contributed by atoms with Crippen LogP contribution in [0, 0.1) is 0 Å². The molecule has 1 aromatic carbocycles. The first-order valence-electron chi connectivity index (χ1n) is 6.29. The average molecular weight is 259 g/mol. The minimum absolute atomic E-state index is 0.253. The first-order valence-corrected chi connectivity index (χ1v) is 6.29. The monoisotopic (exact) mass is 259 g/mol. The number of nitrogens with one attached hydrogen (secondary N) is 1. The van der Waals surface area contributed by atoms with Gasteiger partial charge in [-0.2, -0.15) is 0 Å². The number of hydrogen-bond donors (Lipinski definition) is 2. The summed E-state index contributed by atoms with van der Waals surface area (Å²) in [6.45, 7) is 1.84. The standard InChI is InChI=1S/C15H17NO3/c1-2-12(15(17)18)16-14(13-9-6-10-19-13)11-7-4-3-5-8-11/h3-10,12,14,16H,2H2,1H3,(H,17,18). The van der Waals surface area contributed by atoms with E-state index in [1.54, 1.807) is 12.3 Å². The van der Waals surface area contributed by atoms with Gasteiger partial charge in [-0.1, -0.05) is 37.3 Å². The quantitative estimate of drug-likeness (QED) is 0.837. The van der Waals surface area contributed by atoms with Crippen LogP contribution in [0.25, 0.3) is 0 Å². The van der Waals surface area contributed by atoms with Gasteiger partial charge in [0.2, 0.25) is 0 Å². The average Bonchev–Trinajstić information content (AvgIpc) is 2.94. The molecule has 0 saturated carbocycles. The van der Waals surface area contributed by atoms with Crippen LogP contribution in [0.4, 0.5) is 0 Å². The van der Waals surface area contributed by atoms with Gasteiger partial charge < -0.3 is 9.52 Å². The molecule has 0 spiro atoms. The molecule has 0 aliphatic rings. The van der Waals surface area contributed by atoms with Crippen molar-refractivity contribution in [1.29, 1.82) is 0 Å². The van der Waals surface area contributed by atoms with Crippen molar-refractivity contribution in [2.45, 2.75) is 25.4 Å². The molecule has 19 heavy (non-hydrogen) atoms. The summed E-state index contributed by atoms with van der Waals surface area (Å²) in [6, 6.07) is 12.5. The lowest BCUT2D eigenvalue weighted by Crippen LogP contribution is -2.39. The number of carbonyl (C=O) groups is 1. The summed E-state index contributed by atoms with van der Waals surface area (Å²) in [5, 5.41) is 12.3. The highest BCUT2D eigenvalue weighted by atomic mass is 16.4. The molecule has 0 aliphatic carbocycles. The van der Waals surface area contributed by atoms with Crippen LogP contribution >= 0.6 is 0 Å². The van der Waals surface area contributed by atoms with Gasteiger partial charge in [0, 0.05) is 0 Å². The molecule has 1 heterocycles. The van der Waals surface area contributed by atoms with Crippen LogP contribution in [0.1, 0.15) is 30.7 Å². The molecule has 2 rings (SSSR count). The molecule has 100 valence electrons. The molecule has 2 N–H and O–H groups in total. The Hall–Kier alpha value is -2.07. The van der Waals surface area contributed by atoms with E-state index in [4.69, 9.17) is 4.42 Å². The van der Waals surface area contributed by atoms with Crippen LogP contribution in [-0.4, -0.2) is 17.1 Å². The Bertz CT molecular complexity index is 507. The van der Waals surface area contributed by atoms with Crippen molar-refractivity contribution in [3.63, 3.8) is 0 Å². The Kier molecular flexibility index (Phi) is 4.36. The Morgan fingerprint density at radius 1 is 1.26 bits per heavy atom. The summed E-state index contributed by atoms with van der Waals surface area (Å²) in [5.41, 5.74) is 0.983. The second kappa shape index (κ2) is 6.20. The van der Waals surface area contributed by atoms with E-state index < -0.39 is 12.0 Å². The molecule has 0 amide bonds. The first-order chi connectivity index (χ1) is 9.22. The smallest absolute Gasteiger partial charge is 0.320 e. The Morgan fingerprint density at radius 3 is 2.53 bits per heavy atom. The summed E-state index contributed by atoms with van der Waals surface area (Å²) in [6.07, 6.45) is 2.11. The third kappa shape index (κ3) is 3.23. The van der Waals surface area contributed by atoms with Crippen LogP contribution in [0.2, 0.25) is 0 Å². The summed E-state index contributed by atoms with van der Waals surface area (Å²) in [5.74, 6) is -0.138. The number of aliphatic carboxylic acids is 1. The predicted molar refractivity (Wildman–Crippen MR) is 71.8 cm³/mol. The van der Waals surface area contributed by atoms with E-state index in [1.165, 1.54) is 0 Å². The topological polar surface area (TPSA) is 62.5 Å². The number of furan rings is 1. The molecule has 0 radical (unpaired) electrons. The second-order valence-electron chi connectivity index (χ2n) is 4.32. The molecule has 2 unspecified atom stereocenters. The van der Waals surface area contributed by atoms with Crippen LogP contribution < -0.4 is 5.32 Å². The summed E-state index contributed by atoms with van der Waals surface area (Å²) >= 11 is 0. The van der Waals surface area contributed by atoms with E-state index in [-0.39, 0.29) is 6.04 Å². The molecule has 0 bridgehead atoms. The highest BCUT2D eigenvalue weighted by molar-refractivity contribution is 5.73. The molecular formula is C15H17NO3. The Morgan fingerprint density at radius 2 is 2.00 bits per heavy atom. The lowest BCUT2D eigenvalue weighted by molar-refractivity contribution is -0.139. The van der Waals surface area contributed by atoms with Crippen LogP contribution in [0.3, 0.4) is 0 Å². The first kappa shape index (κ1) is 13.4. The number of rotatable bonds is 6. The second-order valence-corrected chi connectivity index (χ2v) is 4.32. The lowest BCUT2D eigenvalue weighted by atomic mass is 10.0. The fraction of sp³-hybridized carbons (Fsp3) is 0.267. The van der Waals surface area contributed by atoms with Gasteiger partial charge in [0.05, 0.1) is 12.3 Å². The van der Waals surface area contributed by atoms with Gasteiger partial charge >= 0.3 is 5.97 Å². The molecule has 2 aromatic rings. The fourth-order valence-electron chi connectivity index (χ4n) is 2.01. The minimum Gasteiger partial charge on any atom is -0.480 e. The third-order valence-corrected chi connectivity index (χ3v) is 3.03. The van der Waals surface area contributed by atoms with E-state index in [0.717, 1.165) is 5.56 Å². The van der Waals surface area contributed by atoms with E-state index in [2.05, 4.69) is 5.32 Å². The van der Waals surface area contributed by atoms with Crippen molar-refractivity contribution < 1.29 is 14.3 Å². The van der Waals surface area contributed by atoms with E-state index in [0.29, 0.717) is 12.2 Å². The van der Waals surface area contributed by atoms with Gasteiger partial charge in [-0.05, 0) is 24.1 Å². The van der Waals surface area contributed by atoms with Crippen molar-refractivity contribution in [3.8, 4) is 0 Å². The summed E-state index contributed by atoms with van der Waals surface area (Å²) < 4.78 is 5.42. The van der Waals surface area contributed by atoms with Crippen molar-refractivity contribution in [2.75, 3.05) is 0 Å². The number of benzene rings is 1. The van der Waals surface area contributed by atoms with Crippen molar-refractivity contribution in [1.82, 2.24) is 5.32 Å². The molecule has 4 heteroatoms. The molecule has 0 aliphatic heterocycles. The number of hydrogen-bond acceptors (Lipinski definition) is 3. The zero-order chi connectivity index (χ0) is 13.7. The minimum atomic E-state index is -0.852. The highest BCUT2D eigenvalue weighted by Crippen LogP contribution is 2.23. The van der Waals surface area contributed by atoms with Crippen LogP contribution in [-0.2, 0) is 4.79 Å². The van der Waals surface area contributed by atoms with Crippen LogP contribution in [0.5, 0.6) is 0 Å². The molecule has 0 saturated heterocycles. The van der Waals surface area contributed by atoms with Crippen molar-refractivity contribution in [3.05, 3.63) is 60.1 Å². The number of carboxylic acids is 1. The molecule has 0 fully saturated rings. The lowest BCUT2D eigenvalue weighted by Gasteiger charge is -2.21. The molecular weight excluding hydrogens is 242 g/mol. The maximum absolute atomic E-state index is 11.2. The van der Waals surface area contributed by atoms with E-state index in [1.807, 2.05) is 43.3 Å². The highest BCUT2D eigenvalue weighted by Gasteiger charge is 2.23.